The molecule has 4 heteroatoms. The standard InChI is InChI=1S/C18H25BrN2O/c1-17(2)8-15-9-18(3,11-17)12-21(15)16(22)20-10-13-4-6-14(19)7-5-13/h4-7,15H,8-12H2,1-3H3,(H,20,22). The van der Waals surface area contributed by atoms with Crippen LogP contribution in [0.15, 0.2) is 28.7 Å². The van der Waals surface area contributed by atoms with Gasteiger partial charge >= 0.3 is 6.03 Å². The Kier molecular flexibility index (Phi) is 4.00. The molecule has 2 bridgehead atoms. The second-order valence-electron chi connectivity index (χ2n) is 8.13. The van der Waals surface area contributed by atoms with Crippen molar-refractivity contribution in [1.29, 1.82) is 0 Å². The molecule has 3 rings (SSSR count). The van der Waals surface area contributed by atoms with E-state index in [-0.39, 0.29) is 6.03 Å². The number of hydrogen-bond acceptors (Lipinski definition) is 1. The summed E-state index contributed by atoms with van der Waals surface area (Å²) in [6, 6.07) is 8.59. The molecule has 2 aliphatic rings. The molecule has 1 saturated carbocycles. The molecule has 2 unspecified atom stereocenters. The Hall–Kier alpha value is -1.03. The average Bonchev–Trinajstić information content (AvgIpc) is 2.67. The van der Waals surface area contributed by atoms with Crippen molar-refractivity contribution in [1.82, 2.24) is 10.2 Å². The molecule has 0 aromatic heterocycles. The summed E-state index contributed by atoms with van der Waals surface area (Å²) in [5.41, 5.74) is 1.77. The first kappa shape index (κ1) is 15.9. The maximum absolute atomic E-state index is 12.6. The Morgan fingerprint density at radius 3 is 2.64 bits per heavy atom. The highest BCUT2D eigenvalue weighted by molar-refractivity contribution is 9.10. The van der Waals surface area contributed by atoms with Crippen molar-refractivity contribution in [2.45, 2.75) is 52.6 Å². The van der Waals surface area contributed by atoms with Crippen molar-refractivity contribution in [3.05, 3.63) is 34.3 Å². The molecule has 2 fully saturated rings. The molecule has 1 saturated heterocycles. The van der Waals surface area contributed by atoms with Gasteiger partial charge in [0.05, 0.1) is 0 Å². The number of nitrogens with one attached hydrogen (secondary N) is 1. The highest BCUT2D eigenvalue weighted by atomic mass is 79.9. The summed E-state index contributed by atoms with van der Waals surface area (Å²) in [6.07, 6.45) is 3.49. The molecule has 2 atom stereocenters. The molecule has 1 aliphatic heterocycles. The lowest BCUT2D eigenvalue weighted by Gasteiger charge is -2.39. The molecule has 1 aliphatic carbocycles. The van der Waals surface area contributed by atoms with E-state index in [9.17, 15) is 4.79 Å². The summed E-state index contributed by atoms with van der Waals surface area (Å²) in [6.45, 7) is 8.49. The third kappa shape index (κ3) is 3.32. The van der Waals surface area contributed by atoms with Crippen LogP contribution in [0.1, 0.15) is 45.6 Å². The molecule has 1 N–H and O–H groups in total. The van der Waals surface area contributed by atoms with Crippen LogP contribution in [0.25, 0.3) is 0 Å². The summed E-state index contributed by atoms with van der Waals surface area (Å²) in [5.74, 6) is 0. The van der Waals surface area contributed by atoms with Gasteiger partial charge in [0.1, 0.15) is 0 Å². The van der Waals surface area contributed by atoms with E-state index in [1.54, 1.807) is 0 Å². The van der Waals surface area contributed by atoms with Crippen LogP contribution in [0.4, 0.5) is 4.79 Å². The van der Waals surface area contributed by atoms with Gasteiger partial charge in [-0.15, -0.1) is 0 Å². The van der Waals surface area contributed by atoms with Crippen LogP contribution in [0.5, 0.6) is 0 Å². The van der Waals surface area contributed by atoms with Gasteiger partial charge in [-0.3, -0.25) is 0 Å². The van der Waals surface area contributed by atoms with Crippen LogP contribution in [0.3, 0.4) is 0 Å². The maximum atomic E-state index is 12.6. The minimum atomic E-state index is 0.0920. The topological polar surface area (TPSA) is 32.3 Å². The number of urea groups is 1. The predicted molar refractivity (Wildman–Crippen MR) is 92.6 cm³/mol. The van der Waals surface area contributed by atoms with Crippen LogP contribution in [-0.4, -0.2) is 23.5 Å². The number of nitrogens with zero attached hydrogens (tertiary/aromatic N) is 1. The van der Waals surface area contributed by atoms with Crippen molar-refractivity contribution >= 4 is 22.0 Å². The van der Waals surface area contributed by atoms with Gasteiger partial charge < -0.3 is 10.2 Å². The van der Waals surface area contributed by atoms with Crippen molar-refractivity contribution < 1.29 is 4.79 Å². The van der Waals surface area contributed by atoms with Crippen LogP contribution in [0, 0.1) is 10.8 Å². The first-order valence-electron chi connectivity index (χ1n) is 8.05. The van der Waals surface area contributed by atoms with Crippen molar-refractivity contribution in [3.63, 3.8) is 0 Å². The zero-order valence-electron chi connectivity index (χ0n) is 13.7. The lowest BCUT2D eigenvalue weighted by molar-refractivity contribution is 0.129. The van der Waals surface area contributed by atoms with Crippen LogP contribution >= 0.6 is 15.9 Å². The second kappa shape index (κ2) is 5.55. The highest BCUT2D eigenvalue weighted by Gasteiger charge is 2.50. The van der Waals surface area contributed by atoms with E-state index in [2.05, 4.69) is 46.9 Å². The van der Waals surface area contributed by atoms with Crippen molar-refractivity contribution in [3.8, 4) is 0 Å². The molecular formula is C18H25BrN2O. The Morgan fingerprint density at radius 1 is 1.27 bits per heavy atom. The number of amides is 2. The van der Waals surface area contributed by atoms with Gasteiger partial charge in [-0.2, -0.15) is 0 Å². The molecule has 22 heavy (non-hydrogen) atoms. The SMILES string of the molecule is CC1(C)CC2CC(C)(CN2C(=O)NCc2ccc(Br)cc2)C1. The van der Waals surface area contributed by atoms with E-state index in [1.807, 2.05) is 24.3 Å². The molecule has 0 spiro atoms. The average molecular weight is 365 g/mol. The number of benzene rings is 1. The number of hydrogen-bond donors (Lipinski definition) is 1. The van der Waals surface area contributed by atoms with Crippen molar-refractivity contribution in [2.24, 2.45) is 10.8 Å². The quantitative estimate of drug-likeness (QED) is 0.819. The molecule has 1 aromatic rings. The Labute approximate surface area is 141 Å². The van der Waals surface area contributed by atoms with Gasteiger partial charge in [-0.1, -0.05) is 48.8 Å². The molecule has 1 aromatic carbocycles. The summed E-state index contributed by atoms with van der Waals surface area (Å²) < 4.78 is 1.06. The minimum absolute atomic E-state index is 0.0920. The van der Waals surface area contributed by atoms with E-state index < -0.39 is 0 Å². The molecule has 1 heterocycles. The summed E-state index contributed by atoms with van der Waals surface area (Å²) in [5, 5.41) is 3.09. The summed E-state index contributed by atoms with van der Waals surface area (Å²) in [7, 11) is 0. The fraction of sp³-hybridized carbons (Fsp3) is 0.611. The fourth-order valence-corrected chi connectivity index (χ4v) is 4.84. The largest absolute Gasteiger partial charge is 0.334 e. The number of rotatable bonds is 2. The summed E-state index contributed by atoms with van der Waals surface area (Å²) in [4.78, 5) is 14.7. The third-order valence-corrected chi connectivity index (χ3v) is 5.56. The van der Waals surface area contributed by atoms with Gasteiger partial charge in [-0.05, 0) is 47.8 Å². The zero-order valence-corrected chi connectivity index (χ0v) is 15.2. The summed E-state index contributed by atoms with van der Waals surface area (Å²) >= 11 is 3.43. The van der Waals surface area contributed by atoms with Crippen molar-refractivity contribution in [2.75, 3.05) is 6.54 Å². The normalized spacial score (nSPS) is 29.5. The number of carbonyl (C=O) groups excluding carboxylic acids is 1. The van der Waals surface area contributed by atoms with Gasteiger partial charge in [0, 0.05) is 23.6 Å². The van der Waals surface area contributed by atoms with E-state index in [0.29, 0.717) is 23.4 Å². The van der Waals surface area contributed by atoms with Gasteiger partial charge in [0.15, 0.2) is 0 Å². The lowest BCUT2D eigenvalue weighted by atomic mass is 9.65. The van der Waals surface area contributed by atoms with Gasteiger partial charge in [0.25, 0.3) is 0 Å². The van der Waals surface area contributed by atoms with E-state index in [1.165, 1.54) is 6.42 Å². The van der Waals surface area contributed by atoms with Crippen LogP contribution in [-0.2, 0) is 6.54 Å². The lowest BCUT2D eigenvalue weighted by Crippen LogP contribution is -2.43. The smallest absolute Gasteiger partial charge is 0.317 e. The molecule has 2 amide bonds. The predicted octanol–water partition coefficient (Wildman–Crippen LogP) is 4.56. The molecule has 0 radical (unpaired) electrons. The Balaban J connectivity index is 1.62. The molecule has 120 valence electrons. The Morgan fingerprint density at radius 2 is 1.95 bits per heavy atom. The van der Waals surface area contributed by atoms with E-state index in [0.717, 1.165) is 29.4 Å². The zero-order chi connectivity index (χ0) is 16.0. The van der Waals surface area contributed by atoms with Gasteiger partial charge in [-0.25, -0.2) is 4.79 Å². The van der Waals surface area contributed by atoms with Crippen LogP contribution < -0.4 is 5.32 Å². The highest BCUT2D eigenvalue weighted by Crippen LogP contribution is 2.52. The van der Waals surface area contributed by atoms with E-state index >= 15 is 0 Å². The molecular weight excluding hydrogens is 340 g/mol. The number of likely N-dealkylation sites (tertiary alicyclic amines) is 1. The number of fused-ring (bicyclic) bond motifs is 2. The van der Waals surface area contributed by atoms with Crippen LogP contribution in [0.2, 0.25) is 0 Å². The first-order chi connectivity index (χ1) is 10.3. The molecule has 3 nitrogen and oxygen atoms in total. The number of halogens is 1. The maximum Gasteiger partial charge on any atom is 0.317 e. The first-order valence-corrected chi connectivity index (χ1v) is 8.85. The number of carbonyl (C=O) groups is 1. The minimum Gasteiger partial charge on any atom is -0.334 e. The monoisotopic (exact) mass is 364 g/mol. The van der Waals surface area contributed by atoms with Gasteiger partial charge in [0.2, 0.25) is 0 Å². The fourth-order valence-electron chi connectivity index (χ4n) is 4.58. The second-order valence-corrected chi connectivity index (χ2v) is 9.04. The third-order valence-electron chi connectivity index (χ3n) is 5.03. The Bertz CT molecular complexity index is 569. The van der Waals surface area contributed by atoms with E-state index in [4.69, 9.17) is 0 Å².